The second kappa shape index (κ2) is 3.71. The fourth-order valence-corrected chi connectivity index (χ4v) is 0.780. The summed E-state index contributed by atoms with van der Waals surface area (Å²) in [6.07, 6.45) is 0.886. The third-order valence-electron chi connectivity index (χ3n) is 1.33. The van der Waals surface area contributed by atoms with Gasteiger partial charge in [-0.1, -0.05) is 0 Å². The predicted molar refractivity (Wildman–Crippen MR) is 39.8 cm³/mol. The first-order valence-electron chi connectivity index (χ1n) is 3.38. The van der Waals surface area contributed by atoms with Gasteiger partial charge in [-0.25, -0.2) is 4.79 Å². The Morgan fingerprint density at radius 2 is 2.42 bits per heavy atom. The van der Waals surface area contributed by atoms with Gasteiger partial charge in [-0.05, 0) is 12.1 Å². The number of aldehydes is 1. The average Bonchev–Trinajstić information content (AvgIpc) is 2.52. The molecule has 0 aliphatic rings. The van der Waals surface area contributed by atoms with Gasteiger partial charge in [0.1, 0.15) is 12.0 Å². The number of ether oxygens (including phenoxy) is 1. The highest BCUT2D eigenvalue weighted by molar-refractivity contribution is 5.86. The molecule has 0 aliphatic carbocycles. The Hall–Kier alpha value is -1.58. The largest absolute Gasteiger partial charge is 0.463 e. The Labute approximate surface area is 69.1 Å². The van der Waals surface area contributed by atoms with Gasteiger partial charge in [0, 0.05) is 0 Å². The van der Waals surface area contributed by atoms with Crippen molar-refractivity contribution >= 4 is 12.3 Å². The Kier molecular flexibility index (Phi) is 2.63. The molecule has 0 N–H and O–H groups in total. The van der Waals surface area contributed by atoms with E-state index in [-0.39, 0.29) is 12.2 Å². The van der Waals surface area contributed by atoms with Crippen LogP contribution in [-0.2, 0) is 16.0 Å². The van der Waals surface area contributed by atoms with E-state index < -0.39 is 5.97 Å². The molecule has 0 saturated heterocycles. The smallest absolute Gasteiger partial charge is 0.373 e. The monoisotopic (exact) mass is 168 g/mol. The summed E-state index contributed by atoms with van der Waals surface area (Å²) in [6.45, 7) is 0. The summed E-state index contributed by atoms with van der Waals surface area (Å²) in [4.78, 5) is 20.9. The van der Waals surface area contributed by atoms with Crippen LogP contribution >= 0.6 is 0 Å². The van der Waals surface area contributed by atoms with Crippen molar-refractivity contribution in [2.45, 2.75) is 6.42 Å². The van der Waals surface area contributed by atoms with E-state index in [4.69, 9.17) is 4.42 Å². The van der Waals surface area contributed by atoms with Crippen LogP contribution < -0.4 is 0 Å². The van der Waals surface area contributed by atoms with Crippen molar-refractivity contribution in [3.8, 4) is 0 Å². The molecule has 0 atom stereocenters. The Balaban J connectivity index is 2.76. The molecule has 1 aromatic heterocycles. The summed E-state index contributed by atoms with van der Waals surface area (Å²) in [7, 11) is 1.27. The zero-order chi connectivity index (χ0) is 8.97. The molecule has 4 nitrogen and oxygen atoms in total. The number of hydrogen-bond donors (Lipinski definition) is 0. The van der Waals surface area contributed by atoms with Gasteiger partial charge in [0.2, 0.25) is 5.76 Å². The molecule has 64 valence electrons. The minimum atomic E-state index is -0.535. The van der Waals surface area contributed by atoms with E-state index in [1.807, 2.05) is 0 Å². The first kappa shape index (κ1) is 8.52. The zero-order valence-electron chi connectivity index (χ0n) is 6.57. The van der Waals surface area contributed by atoms with Gasteiger partial charge in [0.05, 0.1) is 13.5 Å². The molecule has 4 heteroatoms. The lowest BCUT2D eigenvalue weighted by Crippen LogP contribution is -1.98. The second-order valence-corrected chi connectivity index (χ2v) is 2.13. The van der Waals surface area contributed by atoms with Crippen LogP contribution in [0, 0.1) is 0 Å². The summed E-state index contributed by atoms with van der Waals surface area (Å²) >= 11 is 0. The van der Waals surface area contributed by atoms with Gasteiger partial charge in [-0.3, -0.25) is 0 Å². The molecule has 0 aliphatic heterocycles. The first-order valence-corrected chi connectivity index (χ1v) is 3.38. The molecule has 0 spiro atoms. The summed E-state index contributed by atoms with van der Waals surface area (Å²) in [5.74, 6) is 0.0481. The van der Waals surface area contributed by atoms with E-state index in [0.717, 1.165) is 0 Å². The topological polar surface area (TPSA) is 56.5 Å². The zero-order valence-corrected chi connectivity index (χ0v) is 6.57. The van der Waals surface area contributed by atoms with Crippen molar-refractivity contribution < 1.29 is 18.7 Å². The molecule has 1 heterocycles. The van der Waals surface area contributed by atoms with Crippen LogP contribution in [0.1, 0.15) is 16.3 Å². The first-order chi connectivity index (χ1) is 5.77. The van der Waals surface area contributed by atoms with E-state index >= 15 is 0 Å². The summed E-state index contributed by atoms with van der Waals surface area (Å²) in [5.41, 5.74) is 0. The number of esters is 1. The van der Waals surface area contributed by atoms with Crippen LogP contribution in [0.25, 0.3) is 0 Å². The highest BCUT2D eigenvalue weighted by Gasteiger charge is 2.09. The van der Waals surface area contributed by atoms with Gasteiger partial charge in [-0.15, -0.1) is 0 Å². The van der Waals surface area contributed by atoms with Crippen molar-refractivity contribution in [3.05, 3.63) is 23.7 Å². The minimum Gasteiger partial charge on any atom is -0.463 e. The SMILES string of the molecule is COC(=O)c1ccc(CC=O)o1. The molecule has 0 aromatic carbocycles. The highest BCUT2D eigenvalue weighted by atomic mass is 16.5. The molecule has 12 heavy (non-hydrogen) atoms. The standard InChI is InChI=1S/C8H8O4/c1-11-8(10)7-3-2-6(12-7)4-5-9/h2-3,5H,4H2,1H3. The maximum Gasteiger partial charge on any atom is 0.373 e. The van der Waals surface area contributed by atoms with Crippen molar-refractivity contribution in [1.29, 1.82) is 0 Å². The molecule has 0 amide bonds. The molecule has 0 saturated carbocycles. The highest BCUT2D eigenvalue weighted by Crippen LogP contribution is 2.08. The third-order valence-corrected chi connectivity index (χ3v) is 1.33. The van der Waals surface area contributed by atoms with Crippen LogP contribution in [0.4, 0.5) is 0 Å². The van der Waals surface area contributed by atoms with Crippen molar-refractivity contribution in [1.82, 2.24) is 0 Å². The van der Waals surface area contributed by atoms with Crippen LogP contribution in [0.3, 0.4) is 0 Å². The van der Waals surface area contributed by atoms with Gasteiger partial charge in [0.15, 0.2) is 0 Å². The van der Waals surface area contributed by atoms with Gasteiger partial charge in [-0.2, -0.15) is 0 Å². The third kappa shape index (κ3) is 1.72. The predicted octanol–water partition coefficient (Wildman–Crippen LogP) is 0.808. The quantitative estimate of drug-likeness (QED) is 0.495. The molecular formula is C8H8O4. The molecular weight excluding hydrogens is 160 g/mol. The average molecular weight is 168 g/mol. The maximum atomic E-state index is 10.8. The van der Waals surface area contributed by atoms with E-state index in [2.05, 4.69) is 4.74 Å². The fraction of sp³-hybridized carbons (Fsp3) is 0.250. The van der Waals surface area contributed by atoms with Crippen molar-refractivity contribution in [2.24, 2.45) is 0 Å². The van der Waals surface area contributed by atoms with Crippen LogP contribution in [0.15, 0.2) is 16.5 Å². The van der Waals surface area contributed by atoms with Crippen molar-refractivity contribution in [2.75, 3.05) is 7.11 Å². The number of carbonyl (C=O) groups is 2. The molecule has 1 aromatic rings. The number of rotatable bonds is 3. The summed E-state index contributed by atoms with van der Waals surface area (Å²) in [5, 5.41) is 0. The molecule has 0 unspecified atom stereocenters. The lowest BCUT2D eigenvalue weighted by atomic mass is 10.3. The summed E-state index contributed by atoms with van der Waals surface area (Å²) in [6, 6.07) is 3.05. The normalized spacial score (nSPS) is 9.42. The van der Waals surface area contributed by atoms with Gasteiger partial charge < -0.3 is 13.9 Å². The number of carbonyl (C=O) groups excluding carboxylic acids is 2. The van der Waals surface area contributed by atoms with E-state index in [9.17, 15) is 9.59 Å². The Bertz CT molecular complexity index is 287. The second-order valence-electron chi connectivity index (χ2n) is 2.13. The number of hydrogen-bond acceptors (Lipinski definition) is 4. The Morgan fingerprint density at radius 1 is 1.67 bits per heavy atom. The number of furan rings is 1. The summed E-state index contributed by atoms with van der Waals surface area (Å²) < 4.78 is 9.38. The van der Waals surface area contributed by atoms with Crippen LogP contribution in [-0.4, -0.2) is 19.4 Å². The van der Waals surface area contributed by atoms with Gasteiger partial charge >= 0.3 is 5.97 Å². The molecule has 0 radical (unpaired) electrons. The molecule has 0 bridgehead atoms. The van der Waals surface area contributed by atoms with E-state index in [1.165, 1.54) is 13.2 Å². The molecule has 0 fully saturated rings. The number of methoxy groups -OCH3 is 1. The van der Waals surface area contributed by atoms with Gasteiger partial charge in [0.25, 0.3) is 0 Å². The van der Waals surface area contributed by atoms with E-state index in [0.29, 0.717) is 12.0 Å². The Morgan fingerprint density at radius 3 is 3.00 bits per heavy atom. The van der Waals surface area contributed by atoms with E-state index in [1.54, 1.807) is 6.07 Å². The molecule has 1 rings (SSSR count). The van der Waals surface area contributed by atoms with Crippen molar-refractivity contribution in [3.63, 3.8) is 0 Å². The van der Waals surface area contributed by atoms with Crippen LogP contribution in [0.2, 0.25) is 0 Å². The van der Waals surface area contributed by atoms with Crippen LogP contribution in [0.5, 0.6) is 0 Å². The minimum absolute atomic E-state index is 0.120. The fourth-order valence-electron chi connectivity index (χ4n) is 0.780. The lowest BCUT2D eigenvalue weighted by Gasteiger charge is -1.91. The lowest BCUT2D eigenvalue weighted by molar-refractivity contribution is -0.107. The maximum absolute atomic E-state index is 10.8.